The first-order chi connectivity index (χ1) is 12.9. The summed E-state index contributed by atoms with van der Waals surface area (Å²) in [6, 6.07) is 11.4. The van der Waals surface area contributed by atoms with Crippen LogP contribution in [0.15, 0.2) is 53.9 Å². The largest absolute Gasteiger partial charge is 0.324 e. The number of hydrogen-bond donors (Lipinski definition) is 1. The van der Waals surface area contributed by atoms with Crippen LogP contribution in [-0.2, 0) is 4.79 Å². The fraction of sp³-hybridized carbons (Fsp3) is 0.200. The zero-order valence-corrected chi connectivity index (χ0v) is 17.5. The standard InChI is InChI=1S/C20H19Cl2N3OS/c1-12-7-8-17(13(2)11-12)25-10-9-23-20(25)27-14(3)19(26)24-16-6-4-5-15(21)18(16)22/h4-11,14H,1-3H3,(H,24,26). The molecule has 2 aromatic carbocycles. The molecule has 0 aliphatic heterocycles. The van der Waals surface area contributed by atoms with Gasteiger partial charge in [0.05, 0.1) is 26.7 Å². The van der Waals surface area contributed by atoms with Crippen molar-refractivity contribution in [1.82, 2.24) is 9.55 Å². The van der Waals surface area contributed by atoms with Crippen LogP contribution in [0.1, 0.15) is 18.1 Å². The van der Waals surface area contributed by atoms with Crippen LogP contribution in [-0.4, -0.2) is 20.7 Å². The van der Waals surface area contributed by atoms with Crippen LogP contribution in [0.5, 0.6) is 0 Å². The molecule has 4 nitrogen and oxygen atoms in total. The van der Waals surface area contributed by atoms with E-state index in [1.54, 1.807) is 24.4 Å². The van der Waals surface area contributed by atoms with E-state index in [0.717, 1.165) is 16.4 Å². The first-order valence-electron chi connectivity index (χ1n) is 8.39. The van der Waals surface area contributed by atoms with Crippen molar-refractivity contribution in [3.05, 3.63) is 70.0 Å². The molecule has 7 heteroatoms. The molecule has 1 heterocycles. The fourth-order valence-electron chi connectivity index (χ4n) is 2.68. The summed E-state index contributed by atoms with van der Waals surface area (Å²) in [6.07, 6.45) is 3.64. The van der Waals surface area contributed by atoms with Gasteiger partial charge >= 0.3 is 0 Å². The van der Waals surface area contributed by atoms with E-state index in [1.807, 2.05) is 17.7 Å². The third-order valence-electron chi connectivity index (χ3n) is 4.08. The molecule has 0 radical (unpaired) electrons. The topological polar surface area (TPSA) is 46.9 Å². The monoisotopic (exact) mass is 419 g/mol. The number of amides is 1. The highest BCUT2D eigenvalue weighted by atomic mass is 35.5. The maximum absolute atomic E-state index is 12.6. The third kappa shape index (κ3) is 4.49. The number of thioether (sulfide) groups is 1. The highest BCUT2D eigenvalue weighted by Crippen LogP contribution is 2.31. The number of aryl methyl sites for hydroxylation is 2. The highest BCUT2D eigenvalue weighted by Gasteiger charge is 2.19. The number of benzene rings is 2. The minimum atomic E-state index is -0.369. The lowest BCUT2D eigenvalue weighted by Crippen LogP contribution is -2.23. The van der Waals surface area contributed by atoms with E-state index in [4.69, 9.17) is 23.2 Å². The smallest absolute Gasteiger partial charge is 0.237 e. The number of nitrogens with one attached hydrogen (secondary N) is 1. The first kappa shape index (κ1) is 19.8. The molecule has 0 fully saturated rings. The lowest BCUT2D eigenvalue weighted by Gasteiger charge is -2.15. The van der Waals surface area contributed by atoms with Crippen LogP contribution in [0, 0.1) is 13.8 Å². The Morgan fingerprint density at radius 3 is 2.74 bits per heavy atom. The second-order valence-corrected chi connectivity index (χ2v) is 8.31. The predicted octanol–water partition coefficient (Wildman–Crippen LogP) is 5.92. The Kier molecular flexibility index (Phi) is 6.15. The predicted molar refractivity (Wildman–Crippen MR) is 113 cm³/mol. The summed E-state index contributed by atoms with van der Waals surface area (Å²) < 4.78 is 2.00. The van der Waals surface area contributed by atoms with Gasteiger partial charge in [-0.1, -0.05) is 58.7 Å². The summed E-state index contributed by atoms with van der Waals surface area (Å²) in [5.41, 5.74) is 3.90. The van der Waals surface area contributed by atoms with Crippen LogP contribution in [0.3, 0.4) is 0 Å². The van der Waals surface area contributed by atoms with Gasteiger partial charge in [-0.15, -0.1) is 0 Å². The van der Waals surface area contributed by atoms with Crippen molar-refractivity contribution < 1.29 is 4.79 Å². The molecule has 1 aromatic heterocycles. The molecule has 0 bridgehead atoms. The molecular formula is C20H19Cl2N3OS. The summed E-state index contributed by atoms with van der Waals surface area (Å²) in [7, 11) is 0. The number of hydrogen-bond acceptors (Lipinski definition) is 3. The van der Waals surface area contributed by atoms with Crippen molar-refractivity contribution in [1.29, 1.82) is 0 Å². The number of carbonyl (C=O) groups is 1. The van der Waals surface area contributed by atoms with Gasteiger partial charge in [-0.05, 0) is 44.5 Å². The normalized spacial score (nSPS) is 12.0. The Bertz CT molecular complexity index is 987. The number of aromatic nitrogens is 2. The molecule has 3 rings (SSSR count). The SMILES string of the molecule is Cc1ccc(-n2ccnc2SC(C)C(=O)Nc2cccc(Cl)c2Cl)c(C)c1. The van der Waals surface area contributed by atoms with E-state index in [0.29, 0.717) is 15.7 Å². The maximum Gasteiger partial charge on any atom is 0.237 e. The van der Waals surface area contributed by atoms with Crippen LogP contribution in [0.25, 0.3) is 5.69 Å². The maximum atomic E-state index is 12.6. The second-order valence-electron chi connectivity index (χ2n) is 6.22. The molecule has 0 aliphatic carbocycles. The molecule has 0 spiro atoms. The van der Waals surface area contributed by atoms with Crippen LogP contribution >= 0.6 is 35.0 Å². The number of anilines is 1. The van der Waals surface area contributed by atoms with Crippen molar-refractivity contribution in [3.8, 4) is 5.69 Å². The molecular weight excluding hydrogens is 401 g/mol. The average molecular weight is 420 g/mol. The van der Waals surface area contributed by atoms with E-state index >= 15 is 0 Å². The Morgan fingerprint density at radius 1 is 1.22 bits per heavy atom. The molecule has 1 N–H and O–H groups in total. The highest BCUT2D eigenvalue weighted by molar-refractivity contribution is 8.00. The molecule has 27 heavy (non-hydrogen) atoms. The minimum absolute atomic E-state index is 0.167. The lowest BCUT2D eigenvalue weighted by molar-refractivity contribution is -0.115. The van der Waals surface area contributed by atoms with Gasteiger partial charge in [0.15, 0.2) is 5.16 Å². The molecule has 0 saturated heterocycles. The second kappa shape index (κ2) is 8.38. The fourth-order valence-corrected chi connectivity index (χ4v) is 3.91. The number of carbonyl (C=O) groups excluding carboxylic acids is 1. The summed E-state index contributed by atoms with van der Waals surface area (Å²) >= 11 is 13.5. The molecule has 1 unspecified atom stereocenters. The van der Waals surface area contributed by atoms with Gasteiger partial charge in [0.1, 0.15) is 0 Å². The average Bonchev–Trinajstić information content (AvgIpc) is 3.06. The van der Waals surface area contributed by atoms with Gasteiger partial charge in [0.2, 0.25) is 5.91 Å². The Labute approximate surface area is 172 Å². The zero-order chi connectivity index (χ0) is 19.6. The molecule has 0 saturated carbocycles. The van der Waals surface area contributed by atoms with Gasteiger partial charge in [-0.25, -0.2) is 4.98 Å². The number of rotatable bonds is 5. The Morgan fingerprint density at radius 2 is 2.00 bits per heavy atom. The molecule has 1 amide bonds. The van der Waals surface area contributed by atoms with Crippen molar-refractivity contribution >= 4 is 46.6 Å². The molecule has 0 aliphatic rings. The van der Waals surface area contributed by atoms with E-state index < -0.39 is 0 Å². The van der Waals surface area contributed by atoms with Crippen molar-refractivity contribution in [2.45, 2.75) is 31.2 Å². The van der Waals surface area contributed by atoms with Gasteiger partial charge in [0, 0.05) is 12.4 Å². The van der Waals surface area contributed by atoms with Gasteiger partial charge < -0.3 is 5.32 Å². The van der Waals surface area contributed by atoms with Crippen LogP contribution in [0.4, 0.5) is 5.69 Å². The number of halogens is 2. The Hall–Kier alpha value is -1.95. The summed E-state index contributed by atoms with van der Waals surface area (Å²) in [5.74, 6) is -0.167. The van der Waals surface area contributed by atoms with Gasteiger partial charge in [0.25, 0.3) is 0 Å². The quantitative estimate of drug-likeness (QED) is 0.522. The van der Waals surface area contributed by atoms with Gasteiger partial charge in [-0.3, -0.25) is 9.36 Å². The third-order valence-corrected chi connectivity index (χ3v) is 5.98. The van der Waals surface area contributed by atoms with Crippen molar-refractivity contribution in [2.24, 2.45) is 0 Å². The van der Waals surface area contributed by atoms with Crippen molar-refractivity contribution in [3.63, 3.8) is 0 Å². The van der Waals surface area contributed by atoms with Crippen molar-refractivity contribution in [2.75, 3.05) is 5.32 Å². The van der Waals surface area contributed by atoms with Gasteiger partial charge in [-0.2, -0.15) is 0 Å². The minimum Gasteiger partial charge on any atom is -0.324 e. The van der Waals surface area contributed by atoms with E-state index in [1.165, 1.54) is 17.3 Å². The Balaban J connectivity index is 1.77. The molecule has 3 aromatic rings. The van der Waals surface area contributed by atoms with E-state index in [-0.39, 0.29) is 11.2 Å². The van der Waals surface area contributed by atoms with E-state index in [2.05, 4.69) is 42.3 Å². The van der Waals surface area contributed by atoms with Crippen LogP contribution in [0.2, 0.25) is 10.0 Å². The molecule has 1 atom stereocenters. The first-order valence-corrected chi connectivity index (χ1v) is 10.0. The summed E-state index contributed by atoms with van der Waals surface area (Å²) in [6.45, 7) is 5.96. The lowest BCUT2D eigenvalue weighted by atomic mass is 10.1. The zero-order valence-electron chi connectivity index (χ0n) is 15.2. The number of imidazole rings is 1. The summed E-state index contributed by atoms with van der Waals surface area (Å²) in [4.78, 5) is 17.0. The summed E-state index contributed by atoms with van der Waals surface area (Å²) in [5, 5.41) is 3.95. The number of nitrogens with zero attached hydrogens (tertiary/aromatic N) is 2. The van der Waals surface area contributed by atoms with E-state index in [9.17, 15) is 4.79 Å². The van der Waals surface area contributed by atoms with Crippen LogP contribution < -0.4 is 5.32 Å². The molecule has 140 valence electrons.